The number of nitrogens with zero attached hydrogens (tertiary/aromatic N) is 5. The number of nitrogens with one attached hydrogen (secondary N) is 1. The molecular weight excluding hydrogens is 476 g/mol. The van der Waals surface area contributed by atoms with Gasteiger partial charge in [0, 0.05) is 36.7 Å². The molecule has 1 saturated heterocycles. The summed E-state index contributed by atoms with van der Waals surface area (Å²) in [5.74, 6) is 2.16. The third-order valence-corrected chi connectivity index (χ3v) is 7.22. The van der Waals surface area contributed by atoms with Crippen molar-refractivity contribution in [3.8, 4) is 17.1 Å². The minimum Gasteiger partial charge on any atom is -0.352 e. The van der Waals surface area contributed by atoms with Gasteiger partial charge in [-0.3, -0.25) is 9.69 Å². The van der Waals surface area contributed by atoms with Crippen LogP contribution in [0, 0.1) is 12.8 Å². The average Bonchev–Trinajstić information content (AvgIpc) is 3.56. The Hall–Kier alpha value is -3.78. The molecule has 3 heterocycles. The van der Waals surface area contributed by atoms with E-state index in [9.17, 15) is 4.79 Å². The molecule has 1 unspecified atom stereocenters. The summed E-state index contributed by atoms with van der Waals surface area (Å²) < 4.78 is 7.59. The number of aromatic nitrogens is 4. The van der Waals surface area contributed by atoms with Gasteiger partial charge in [0.25, 0.3) is 0 Å². The average molecular weight is 513 g/mol. The van der Waals surface area contributed by atoms with Gasteiger partial charge in [0.15, 0.2) is 0 Å². The summed E-state index contributed by atoms with van der Waals surface area (Å²) in [5.41, 5.74) is 4.44. The molecule has 0 aliphatic carbocycles. The maximum Gasteiger partial charge on any atom is 0.241 e. The molecule has 0 saturated carbocycles. The summed E-state index contributed by atoms with van der Waals surface area (Å²) in [5, 5.41) is 7.31. The first kappa shape index (κ1) is 25.9. The second kappa shape index (κ2) is 10.9. The number of imidazole rings is 1. The molecule has 1 amide bonds. The first-order valence-electron chi connectivity index (χ1n) is 13.3. The van der Waals surface area contributed by atoms with Crippen LogP contribution >= 0.6 is 0 Å². The molecule has 2 aromatic heterocycles. The minimum atomic E-state index is -0.0519. The molecule has 0 radical (unpaired) electrons. The zero-order chi connectivity index (χ0) is 26.7. The fourth-order valence-electron chi connectivity index (χ4n) is 4.92. The molecule has 1 atom stereocenters. The van der Waals surface area contributed by atoms with Crippen LogP contribution in [0.25, 0.3) is 17.1 Å². The van der Waals surface area contributed by atoms with Crippen molar-refractivity contribution in [3.63, 3.8) is 0 Å². The Balaban J connectivity index is 1.13. The van der Waals surface area contributed by atoms with E-state index in [1.54, 1.807) is 6.20 Å². The molecule has 1 aliphatic rings. The zero-order valence-electron chi connectivity index (χ0n) is 22.6. The normalized spacial score (nSPS) is 16.5. The topological polar surface area (TPSA) is 89.1 Å². The predicted octanol–water partition coefficient (Wildman–Crippen LogP) is 5.06. The molecule has 8 nitrogen and oxygen atoms in total. The van der Waals surface area contributed by atoms with Gasteiger partial charge in [-0.15, -0.1) is 0 Å². The molecule has 2 aromatic carbocycles. The predicted molar refractivity (Wildman–Crippen MR) is 147 cm³/mol. The van der Waals surface area contributed by atoms with Crippen molar-refractivity contribution in [2.24, 2.45) is 5.92 Å². The molecule has 4 aromatic rings. The Morgan fingerprint density at radius 1 is 1.11 bits per heavy atom. The Morgan fingerprint density at radius 2 is 1.87 bits per heavy atom. The van der Waals surface area contributed by atoms with Gasteiger partial charge in [-0.25, -0.2) is 4.98 Å². The van der Waals surface area contributed by atoms with Crippen LogP contribution in [0.2, 0.25) is 0 Å². The lowest BCUT2D eigenvalue weighted by Gasteiger charge is -2.30. The highest BCUT2D eigenvalue weighted by Crippen LogP contribution is 2.25. The summed E-state index contributed by atoms with van der Waals surface area (Å²) in [6.07, 6.45) is 5.59. The van der Waals surface area contributed by atoms with E-state index in [0.717, 1.165) is 42.0 Å². The first-order chi connectivity index (χ1) is 18.3. The van der Waals surface area contributed by atoms with E-state index >= 15 is 0 Å². The molecule has 0 spiro atoms. The summed E-state index contributed by atoms with van der Waals surface area (Å²) in [6, 6.07) is 16.5. The highest BCUT2D eigenvalue weighted by molar-refractivity contribution is 5.79. The van der Waals surface area contributed by atoms with E-state index in [2.05, 4.69) is 70.4 Å². The number of carbonyl (C=O) groups excluding carboxylic acids is 1. The molecule has 1 fully saturated rings. The monoisotopic (exact) mass is 512 g/mol. The van der Waals surface area contributed by atoms with Crippen molar-refractivity contribution in [2.75, 3.05) is 13.1 Å². The summed E-state index contributed by atoms with van der Waals surface area (Å²) in [4.78, 5) is 24.1. The van der Waals surface area contributed by atoms with Crippen molar-refractivity contribution >= 4 is 5.91 Å². The van der Waals surface area contributed by atoms with Gasteiger partial charge in [0.05, 0.1) is 12.5 Å². The third-order valence-electron chi connectivity index (χ3n) is 7.22. The van der Waals surface area contributed by atoms with Crippen LogP contribution in [0.4, 0.5) is 0 Å². The third kappa shape index (κ3) is 6.02. The van der Waals surface area contributed by atoms with Gasteiger partial charge in [0.1, 0.15) is 5.82 Å². The van der Waals surface area contributed by atoms with Crippen molar-refractivity contribution in [1.82, 2.24) is 29.9 Å². The number of piperidine rings is 1. The maximum atomic E-state index is 13.0. The number of hydrogen-bond donors (Lipinski definition) is 1. The van der Waals surface area contributed by atoms with Crippen LogP contribution in [0.1, 0.15) is 56.5 Å². The lowest BCUT2D eigenvalue weighted by atomic mass is 9.87. The maximum absolute atomic E-state index is 13.0. The van der Waals surface area contributed by atoms with Gasteiger partial charge < -0.3 is 14.4 Å². The van der Waals surface area contributed by atoms with E-state index in [0.29, 0.717) is 31.3 Å². The number of amides is 1. The van der Waals surface area contributed by atoms with Crippen molar-refractivity contribution in [2.45, 2.75) is 59.0 Å². The molecule has 38 heavy (non-hydrogen) atoms. The summed E-state index contributed by atoms with van der Waals surface area (Å²) in [6.45, 7) is 11.2. The molecular formula is C30H36N6O2. The SMILES string of the molecule is Cc1nccn1-c1ccc(CNC(=O)C2CCCN(Cc3nc(-c4ccc(C(C)(C)C)cc4)no3)C2)cc1. The van der Waals surface area contributed by atoms with Crippen molar-refractivity contribution in [3.05, 3.63) is 83.8 Å². The fourth-order valence-corrected chi connectivity index (χ4v) is 4.92. The van der Waals surface area contributed by atoms with Gasteiger partial charge in [-0.05, 0) is 55.0 Å². The summed E-state index contributed by atoms with van der Waals surface area (Å²) in [7, 11) is 0. The van der Waals surface area contributed by atoms with E-state index in [1.165, 1.54) is 5.56 Å². The molecule has 0 bridgehead atoms. The second-order valence-electron chi connectivity index (χ2n) is 11.1. The quantitative estimate of drug-likeness (QED) is 0.373. The Kier molecular flexibility index (Phi) is 7.42. The second-order valence-corrected chi connectivity index (χ2v) is 11.1. The van der Waals surface area contributed by atoms with Crippen LogP contribution in [0.15, 0.2) is 65.4 Å². The lowest BCUT2D eigenvalue weighted by Crippen LogP contribution is -2.42. The lowest BCUT2D eigenvalue weighted by molar-refractivity contribution is -0.127. The number of carbonyl (C=O) groups is 1. The van der Waals surface area contributed by atoms with Crippen LogP contribution < -0.4 is 5.32 Å². The van der Waals surface area contributed by atoms with Crippen LogP contribution in [0.3, 0.4) is 0 Å². The number of benzene rings is 2. The van der Waals surface area contributed by atoms with Crippen molar-refractivity contribution < 1.29 is 9.32 Å². The number of rotatable bonds is 7. The van der Waals surface area contributed by atoms with Crippen LogP contribution in [0.5, 0.6) is 0 Å². The van der Waals surface area contributed by atoms with E-state index in [4.69, 9.17) is 4.52 Å². The van der Waals surface area contributed by atoms with Crippen LogP contribution in [-0.4, -0.2) is 43.6 Å². The van der Waals surface area contributed by atoms with E-state index in [-0.39, 0.29) is 17.2 Å². The van der Waals surface area contributed by atoms with E-state index in [1.807, 2.05) is 42.0 Å². The first-order valence-corrected chi connectivity index (χ1v) is 13.3. The number of likely N-dealkylation sites (tertiary alicyclic amines) is 1. The van der Waals surface area contributed by atoms with Gasteiger partial charge >= 0.3 is 0 Å². The molecule has 198 valence electrons. The van der Waals surface area contributed by atoms with Gasteiger partial charge in [-0.1, -0.05) is 62.3 Å². The molecule has 5 rings (SSSR count). The molecule has 1 N–H and O–H groups in total. The Labute approximate surface area is 224 Å². The Morgan fingerprint density at radius 3 is 2.55 bits per heavy atom. The number of hydrogen-bond acceptors (Lipinski definition) is 6. The van der Waals surface area contributed by atoms with Crippen LogP contribution in [-0.2, 0) is 23.3 Å². The highest BCUT2D eigenvalue weighted by Gasteiger charge is 2.27. The fraction of sp³-hybridized carbons (Fsp3) is 0.400. The van der Waals surface area contributed by atoms with E-state index < -0.39 is 0 Å². The highest BCUT2D eigenvalue weighted by atomic mass is 16.5. The van der Waals surface area contributed by atoms with Gasteiger partial charge in [-0.2, -0.15) is 4.98 Å². The molecule has 1 aliphatic heterocycles. The standard InChI is InChI=1S/C30H36N6O2/c1-21-31-15-17-36(21)26-13-7-22(8-14-26)18-32-29(37)24-6-5-16-35(19-24)20-27-33-28(34-38-27)23-9-11-25(12-10-23)30(2,3)4/h7-15,17,24H,5-6,16,18-20H2,1-4H3,(H,32,37). The van der Waals surface area contributed by atoms with Gasteiger partial charge in [0.2, 0.25) is 17.6 Å². The largest absolute Gasteiger partial charge is 0.352 e. The number of aryl methyl sites for hydroxylation is 1. The van der Waals surface area contributed by atoms with Crippen molar-refractivity contribution in [1.29, 1.82) is 0 Å². The molecule has 8 heteroatoms. The summed E-state index contributed by atoms with van der Waals surface area (Å²) >= 11 is 0. The zero-order valence-corrected chi connectivity index (χ0v) is 22.6. The smallest absolute Gasteiger partial charge is 0.241 e. The minimum absolute atomic E-state index is 0.0519. The Bertz CT molecular complexity index is 1370.